The Balaban J connectivity index is 0.00000420. The molecule has 2 N–H and O–H groups in total. The van der Waals surface area contributed by atoms with Crippen LogP contribution in [0.15, 0.2) is 46.0 Å². The lowest BCUT2D eigenvalue weighted by molar-refractivity contribution is -0.138. The van der Waals surface area contributed by atoms with Crippen molar-refractivity contribution in [3.63, 3.8) is 0 Å². The first-order valence-corrected chi connectivity index (χ1v) is 8.72. The molecule has 0 radical (unpaired) electrons. The fourth-order valence-electron chi connectivity index (χ4n) is 2.45. The summed E-state index contributed by atoms with van der Waals surface area (Å²) in [6.07, 6.45) is -2.17. The minimum absolute atomic E-state index is 0. The van der Waals surface area contributed by atoms with Gasteiger partial charge in [0, 0.05) is 26.7 Å². The summed E-state index contributed by atoms with van der Waals surface area (Å²) in [5.41, 5.74) is -0.626. The van der Waals surface area contributed by atoms with Crippen LogP contribution >= 0.6 is 24.0 Å². The van der Waals surface area contributed by atoms with E-state index in [2.05, 4.69) is 15.6 Å². The molecule has 2 aromatic rings. The Bertz CT molecular complexity index is 753. The predicted octanol–water partition coefficient (Wildman–Crippen LogP) is 4.20. The summed E-state index contributed by atoms with van der Waals surface area (Å²) in [4.78, 5) is 4.02. The topological polar surface area (TPSA) is 68.0 Å². The Labute approximate surface area is 184 Å². The summed E-state index contributed by atoms with van der Waals surface area (Å²) in [6.45, 7) is 1.46. The summed E-state index contributed by atoms with van der Waals surface area (Å²) < 4.78 is 55.2. The summed E-state index contributed by atoms with van der Waals surface area (Å²) in [5.74, 6) is 1.33. The van der Waals surface area contributed by atoms with E-state index in [-0.39, 0.29) is 41.8 Å². The number of furan rings is 1. The maximum atomic E-state index is 13.2. The van der Waals surface area contributed by atoms with Crippen molar-refractivity contribution < 1.29 is 27.1 Å². The highest BCUT2D eigenvalue weighted by atomic mass is 127. The summed E-state index contributed by atoms with van der Waals surface area (Å²) in [6, 6.07) is 7.51. The van der Waals surface area contributed by atoms with Gasteiger partial charge in [-0.05, 0) is 36.2 Å². The first-order chi connectivity index (χ1) is 13.4. The molecule has 1 aromatic carbocycles. The zero-order valence-electron chi connectivity index (χ0n) is 16.2. The van der Waals surface area contributed by atoms with Gasteiger partial charge in [0.05, 0.1) is 18.9 Å². The number of methoxy groups -OCH3 is 1. The molecule has 29 heavy (non-hydrogen) atoms. The molecule has 0 aliphatic rings. The fraction of sp³-hybridized carbons (Fsp3) is 0.421. The number of hydrogen-bond acceptors (Lipinski definition) is 4. The lowest BCUT2D eigenvalue weighted by Gasteiger charge is -2.16. The fourth-order valence-corrected chi connectivity index (χ4v) is 2.45. The molecule has 162 valence electrons. The summed E-state index contributed by atoms with van der Waals surface area (Å²) in [5, 5.41) is 5.93. The number of guanidine groups is 1. The Morgan fingerprint density at radius 2 is 2.00 bits per heavy atom. The molecule has 0 aliphatic heterocycles. The molecule has 10 heteroatoms. The highest BCUT2D eigenvalue weighted by molar-refractivity contribution is 14.0. The van der Waals surface area contributed by atoms with Crippen LogP contribution in [0, 0.1) is 0 Å². The van der Waals surface area contributed by atoms with Crippen molar-refractivity contribution >= 4 is 29.9 Å². The Hall–Kier alpha value is -1.95. The Morgan fingerprint density at radius 1 is 1.21 bits per heavy atom. The van der Waals surface area contributed by atoms with Gasteiger partial charge in [-0.1, -0.05) is 6.07 Å². The molecule has 0 aliphatic carbocycles. The van der Waals surface area contributed by atoms with Crippen LogP contribution in [-0.4, -0.2) is 33.3 Å². The molecule has 0 fully saturated rings. The van der Waals surface area contributed by atoms with Crippen LogP contribution in [-0.2, 0) is 24.1 Å². The Kier molecular flexibility index (Phi) is 10.9. The largest absolute Gasteiger partial charge is 0.497 e. The molecule has 0 amide bonds. The third-order valence-corrected chi connectivity index (χ3v) is 3.87. The summed E-state index contributed by atoms with van der Waals surface area (Å²) >= 11 is 0. The van der Waals surface area contributed by atoms with Gasteiger partial charge in [-0.15, -0.1) is 24.0 Å². The minimum Gasteiger partial charge on any atom is -0.497 e. The number of aliphatic imine (C=N–C) groups is 1. The van der Waals surface area contributed by atoms with E-state index in [0.717, 1.165) is 11.8 Å². The van der Waals surface area contributed by atoms with Crippen molar-refractivity contribution in [2.45, 2.75) is 25.7 Å². The standard InChI is InChI=1S/C19H24F3N3O3.HI/c1-23-18(24-8-4-9-27-13-16-5-3-10-28-16)25-12-14-6-7-15(26-2)11-17(14)19(20,21)22;/h3,5-7,10-11H,4,8-9,12-13H2,1-2H3,(H2,23,24,25);1H. The second-order valence-corrected chi connectivity index (χ2v) is 5.86. The zero-order chi connectivity index (χ0) is 20.4. The molecule has 2 rings (SSSR count). The van der Waals surface area contributed by atoms with Gasteiger partial charge in [0.1, 0.15) is 18.1 Å². The lowest BCUT2D eigenvalue weighted by atomic mass is 10.1. The van der Waals surface area contributed by atoms with Gasteiger partial charge in [0.2, 0.25) is 0 Å². The van der Waals surface area contributed by atoms with Gasteiger partial charge in [-0.25, -0.2) is 0 Å². The van der Waals surface area contributed by atoms with E-state index in [1.807, 2.05) is 6.07 Å². The van der Waals surface area contributed by atoms with Crippen LogP contribution in [0.2, 0.25) is 0 Å². The second-order valence-electron chi connectivity index (χ2n) is 5.86. The van der Waals surface area contributed by atoms with E-state index < -0.39 is 11.7 Å². The van der Waals surface area contributed by atoms with Gasteiger partial charge in [-0.2, -0.15) is 13.2 Å². The van der Waals surface area contributed by atoms with Gasteiger partial charge in [0.25, 0.3) is 0 Å². The van der Waals surface area contributed by atoms with Crippen molar-refractivity contribution in [3.05, 3.63) is 53.5 Å². The third-order valence-electron chi connectivity index (χ3n) is 3.87. The molecule has 0 saturated carbocycles. The van der Waals surface area contributed by atoms with E-state index in [9.17, 15) is 13.2 Å². The molecule has 0 spiro atoms. The van der Waals surface area contributed by atoms with Gasteiger partial charge in [-0.3, -0.25) is 4.99 Å². The van der Waals surface area contributed by atoms with Crippen molar-refractivity contribution in [1.82, 2.24) is 10.6 Å². The summed E-state index contributed by atoms with van der Waals surface area (Å²) in [7, 11) is 2.89. The van der Waals surface area contributed by atoms with Crippen molar-refractivity contribution in [2.75, 3.05) is 27.3 Å². The van der Waals surface area contributed by atoms with Crippen LogP contribution in [0.3, 0.4) is 0 Å². The zero-order valence-corrected chi connectivity index (χ0v) is 18.5. The van der Waals surface area contributed by atoms with Crippen LogP contribution in [0.25, 0.3) is 0 Å². The molecule has 1 heterocycles. The van der Waals surface area contributed by atoms with E-state index in [0.29, 0.717) is 32.1 Å². The molecule has 0 unspecified atom stereocenters. The second kappa shape index (κ2) is 12.6. The van der Waals surface area contributed by atoms with E-state index >= 15 is 0 Å². The highest BCUT2D eigenvalue weighted by Crippen LogP contribution is 2.34. The maximum absolute atomic E-state index is 13.2. The first kappa shape index (κ1) is 25.1. The molecule has 6 nitrogen and oxygen atoms in total. The number of rotatable bonds is 9. The number of ether oxygens (including phenoxy) is 2. The van der Waals surface area contributed by atoms with Crippen molar-refractivity contribution in [2.24, 2.45) is 4.99 Å². The average Bonchev–Trinajstić information content (AvgIpc) is 3.19. The van der Waals surface area contributed by atoms with Crippen LogP contribution < -0.4 is 15.4 Å². The van der Waals surface area contributed by atoms with Crippen molar-refractivity contribution in [1.29, 1.82) is 0 Å². The number of nitrogens with one attached hydrogen (secondary N) is 2. The molecule has 0 saturated heterocycles. The number of halogens is 4. The van der Waals surface area contributed by atoms with Crippen LogP contribution in [0.5, 0.6) is 5.75 Å². The van der Waals surface area contributed by atoms with Gasteiger partial charge >= 0.3 is 6.18 Å². The molecular weight excluding hydrogens is 502 g/mol. The molecule has 0 atom stereocenters. The molecule has 0 bridgehead atoms. The van der Waals surface area contributed by atoms with E-state index in [1.54, 1.807) is 19.4 Å². The smallest absolute Gasteiger partial charge is 0.416 e. The predicted molar refractivity (Wildman–Crippen MR) is 115 cm³/mol. The van der Waals surface area contributed by atoms with Gasteiger partial charge in [0.15, 0.2) is 5.96 Å². The average molecular weight is 527 g/mol. The molecular formula is C19H25F3IN3O3. The van der Waals surface area contributed by atoms with E-state index in [4.69, 9.17) is 13.9 Å². The number of benzene rings is 1. The van der Waals surface area contributed by atoms with Crippen LogP contribution in [0.4, 0.5) is 13.2 Å². The first-order valence-electron chi connectivity index (χ1n) is 8.72. The normalized spacial score (nSPS) is 11.7. The van der Waals surface area contributed by atoms with Gasteiger partial charge < -0.3 is 24.5 Å². The Morgan fingerprint density at radius 3 is 2.62 bits per heavy atom. The highest BCUT2D eigenvalue weighted by Gasteiger charge is 2.33. The number of hydrogen-bond donors (Lipinski definition) is 2. The van der Waals surface area contributed by atoms with Crippen LogP contribution in [0.1, 0.15) is 23.3 Å². The van der Waals surface area contributed by atoms with E-state index in [1.165, 1.54) is 19.2 Å². The minimum atomic E-state index is -4.46. The lowest BCUT2D eigenvalue weighted by Crippen LogP contribution is -2.38. The number of nitrogens with zero attached hydrogens (tertiary/aromatic N) is 1. The molecule has 1 aromatic heterocycles. The SMILES string of the molecule is CN=C(NCCCOCc1ccco1)NCc1ccc(OC)cc1C(F)(F)F.I. The quantitative estimate of drug-likeness (QED) is 0.222. The number of alkyl halides is 3. The monoisotopic (exact) mass is 527 g/mol. The third kappa shape index (κ3) is 8.52. The maximum Gasteiger partial charge on any atom is 0.416 e. The van der Waals surface area contributed by atoms with Crippen molar-refractivity contribution in [3.8, 4) is 5.75 Å².